The number of hydroxylamine groups is 1. The fraction of sp³-hybridized carbons (Fsp3) is 0.214. The monoisotopic (exact) mass is 614 g/mol. The molecule has 0 bridgehead atoms. The molecule has 3 aromatic heterocycles. The van der Waals surface area contributed by atoms with Gasteiger partial charge in [0, 0.05) is 46.9 Å². The van der Waals surface area contributed by atoms with Crippen molar-refractivity contribution < 1.29 is 27.6 Å². The first-order valence-corrected chi connectivity index (χ1v) is 14.9. The lowest BCUT2D eigenvalue weighted by Crippen LogP contribution is -2.41. The fourth-order valence-corrected chi connectivity index (χ4v) is 8.34. The van der Waals surface area contributed by atoms with Gasteiger partial charge in [-0.25, -0.2) is 18.9 Å². The molecule has 1 aliphatic rings. The highest BCUT2D eigenvalue weighted by molar-refractivity contribution is 7.92. The molecule has 13 heteroatoms. The predicted molar refractivity (Wildman–Crippen MR) is 157 cm³/mol. The van der Waals surface area contributed by atoms with E-state index in [0.29, 0.717) is 10.6 Å². The van der Waals surface area contributed by atoms with Gasteiger partial charge < -0.3 is 9.32 Å². The number of rotatable bonds is 7. The highest BCUT2D eigenvalue weighted by atomic mass is 35.5. The molecule has 1 fully saturated rings. The highest BCUT2D eigenvalue weighted by Crippen LogP contribution is 2.45. The normalized spacial score (nSPS) is 18.4. The summed E-state index contributed by atoms with van der Waals surface area (Å²) in [5.41, 5.74) is 4.09. The number of nitrogens with one attached hydrogen (secondary N) is 1. The number of amides is 2. The van der Waals surface area contributed by atoms with E-state index in [1.54, 1.807) is 48.3 Å². The van der Waals surface area contributed by atoms with Crippen LogP contribution in [0.15, 0.2) is 84.0 Å². The summed E-state index contributed by atoms with van der Waals surface area (Å²) >= 11 is 1.28. The van der Waals surface area contributed by atoms with E-state index in [0.717, 1.165) is 21.6 Å². The lowest BCUT2D eigenvalue weighted by atomic mass is 9.97. The maximum Gasteiger partial charge on any atom is 0.246 e. The number of hydrogen-bond acceptors (Lipinski definition) is 9. The highest BCUT2D eigenvalue weighted by Gasteiger charge is 2.49. The average Bonchev–Trinajstić information content (AvgIpc) is 3.67. The summed E-state index contributed by atoms with van der Waals surface area (Å²) < 4.78 is 31.4. The molecule has 4 heterocycles. The van der Waals surface area contributed by atoms with Crippen LogP contribution in [0.2, 0.25) is 0 Å². The molecule has 0 spiro atoms. The Morgan fingerprint density at radius 3 is 2.46 bits per heavy atom. The lowest BCUT2D eigenvalue weighted by molar-refractivity contribution is -0.129. The van der Waals surface area contributed by atoms with E-state index in [9.17, 15) is 23.2 Å². The molecular formula is C28H27ClN4O6S2. The van der Waals surface area contributed by atoms with Crippen LogP contribution in [0, 0.1) is 0 Å². The number of hydrogen-bond donors (Lipinski definition) is 2. The van der Waals surface area contributed by atoms with Crippen molar-refractivity contribution in [1.29, 1.82) is 0 Å². The van der Waals surface area contributed by atoms with Crippen molar-refractivity contribution in [3.8, 4) is 21.8 Å². The topological polar surface area (TPSA) is 143 Å². The number of halogens is 1. The molecule has 1 atom stereocenters. The van der Waals surface area contributed by atoms with Gasteiger partial charge in [0.25, 0.3) is 0 Å². The summed E-state index contributed by atoms with van der Waals surface area (Å²) in [7, 11) is -3.93. The largest absolute Gasteiger partial charge is 0.444 e. The van der Waals surface area contributed by atoms with Crippen molar-refractivity contribution in [1.82, 2.24) is 20.3 Å². The van der Waals surface area contributed by atoms with E-state index in [4.69, 9.17) is 4.42 Å². The van der Waals surface area contributed by atoms with Gasteiger partial charge in [-0.05, 0) is 47.9 Å². The Hall–Kier alpha value is -3.84. The van der Waals surface area contributed by atoms with Crippen LogP contribution in [0.1, 0.15) is 23.3 Å². The van der Waals surface area contributed by atoms with E-state index >= 15 is 0 Å². The standard InChI is InChI=1S/C28H26N4O6S2.ClH/c33-26(31-35)17-28(25-7-6-24(39-25)22-4-2-21(3-5-22)23-18-30-19-38-23)11-14-32(15-16-40(28,36)37)27(34)8-1-20-9-12-29-13-10-20;/h1-10,12-13,18-19,35H,11,14-17H2,(H,31,33);1H. The second-order valence-electron chi connectivity index (χ2n) is 9.32. The second-order valence-corrected chi connectivity index (χ2v) is 12.8. The third kappa shape index (κ3) is 6.41. The summed E-state index contributed by atoms with van der Waals surface area (Å²) in [6, 6.07) is 14.6. The molecule has 0 saturated carbocycles. The van der Waals surface area contributed by atoms with Gasteiger partial charge in [0.15, 0.2) is 22.0 Å². The summed E-state index contributed by atoms with van der Waals surface area (Å²) in [5, 5.41) is 9.29. The first kappa shape index (κ1) is 30.1. The fourth-order valence-electron chi connectivity index (χ4n) is 4.73. The number of sulfone groups is 1. The van der Waals surface area contributed by atoms with Crippen LogP contribution in [0.25, 0.3) is 27.8 Å². The maximum atomic E-state index is 13.8. The molecule has 0 aliphatic carbocycles. The van der Waals surface area contributed by atoms with Gasteiger partial charge in [0.1, 0.15) is 4.75 Å². The number of nitrogens with zero attached hydrogens (tertiary/aromatic N) is 3. The molecule has 2 N–H and O–H groups in total. The van der Waals surface area contributed by atoms with Crippen molar-refractivity contribution >= 4 is 51.5 Å². The molecule has 1 aromatic carbocycles. The molecule has 4 aromatic rings. The van der Waals surface area contributed by atoms with Crippen LogP contribution in [0.4, 0.5) is 0 Å². The number of pyridine rings is 1. The third-order valence-electron chi connectivity index (χ3n) is 6.96. The van der Waals surface area contributed by atoms with Crippen LogP contribution < -0.4 is 5.48 Å². The van der Waals surface area contributed by atoms with Crippen molar-refractivity contribution in [3.05, 3.63) is 90.0 Å². The molecular weight excluding hydrogens is 588 g/mol. The molecule has 10 nitrogen and oxygen atoms in total. The average molecular weight is 615 g/mol. The Balaban J connectivity index is 0.00000387. The number of benzene rings is 1. The molecule has 2 amide bonds. The zero-order chi connectivity index (χ0) is 28.2. The quantitative estimate of drug-likeness (QED) is 0.178. The number of oxazole rings is 1. The number of carbonyl (C=O) groups excluding carboxylic acids is 2. The van der Waals surface area contributed by atoms with Gasteiger partial charge in [-0.3, -0.25) is 19.8 Å². The predicted octanol–water partition coefficient (Wildman–Crippen LogP) is 4.34. The first-order chi connectivity index (χ1) is 19.3. The molecule has 0 radical (unpaired) electrons. The van der Waals surface area contributed by atoms with Gasteiger partial charge >= 0.3 is 0 Å². The molecule has 214 valence electrons. The van der Waals surface area contributed by atoms with E-state index < -0.39 is 26.9 Å². The van der Waals surface area contributed by atoms with E-state index in [1.165, 1.54) is 28.7 Å². The van der Waals surface area contributed by atoms with Gasteiger partial charge in [-0.15, -0.1) is 23.7 Å². The van der Waals surface area contributed by atoms with Gasteiger partial charge in [-0.2, -0.15) is 0 Å². The van der Waals surface area contributed by atoms with Crippen molar-refractivity contribution in [2.24, 2.45) is 0 Å². The minimum Gasteiger partial charge on any atom is -0.444 e. The molecule has 1 saturated heterocycles. The minimum absolute atomic E-state index is 0. The van der Waals surface area contributed by atoms with Gasteiger partial charge in [0.2, 0.25) is 11.8 Å². The van der Waals surface area contributed by atoms with Gasteiger partial charge in [-0.1, -0.05) is 24.3 Å². The van der Waals surface area contributed by atoms with Crippen LogP contribution in [0.3, 0.4) is 0 Å². The Labute approximate surface area is 247 Å². The second kappa shape index (κ2) is 12.8. The zero-order valence-electron chi connectivity index (χ0n) is 21.7. The Morgan fingerprint density at radius 2 is 1.78 bits per heavy atom. The number of aromatic nitrogens is 2. The van der Waals surface area contributed by atoms with E-state index in [2.05, 4.69) is 9.97 Å². The summed E-state index contributed by atoms with van der Waals surface area (Å²) in [6.45, 7) is 0.113. The maximum absolute atomic E-state index is 13.8. The third-order valence-corrected chi connectivity index (χ3v) is 10.9. The number of carbonyl (C=O) groups is 2. The lowest BCUT2D eigenvalue weighted by Gasteiger charge is -2.30. The molecule has 5 rings (SSSR count). The first-order valence-electron chi connectivity index (χ1n) is 12.4. The van der Waals surface area contributed by atoms with Crippen molar-refractivity contribution in [3.63, 3.8) is 0 Å². The Morgan fingerprint density at radius 1 is 1.05 bits per heavy atom. The Kier molecular flexibility index (Phi) is 9.38. The molecule has 1 aliphatic heterocycles. The van der Waals surface area contributed by atoms with Crippen molar-refractivity contribution in [2.75, 3.05) is 18.8 Å². The van der Waals surface area contributed by atoms with E-state index in [1.807, 2.05) is 30.3 Å². The number of thiophene rings is 1. The molecule has 41 heavy (non-hydrogen) atoms. The van der Waals surface area contributed by atoms with Crippen molar-refractivity contribution in [2.45, 2.75) is 17.6 Å². The van der Waals surface area contributed by atoms with Crippen LogP contribution >= 0.6 is 23.7 Å². The zero-order valence-corrected chi connectivity index (χ0v) is 24.1. The Bertz CT molecular complexity index is 1620. The van der Waals surface area contributed by atoms with Crippen LogP contribution in [-0.4, -0.2) is 59.1 Å². The molecule has 1 unspecified atom stereocenters. The van der Waals surface area contributed by atoms with Crippen LogP contribution in [-0.2, 0) is 24.2 Å². The summed E-state index contributed by atoms with van der Waals surface area (Å²) in [6.07, 6.45) is 8.79. The smallest absolute Gasteiger partial charge is 0.246 e. The summed E-state index contributed by atoms with van der Waals surface area (Å²) in [5.74, 6) is -0.827. The summed E-state index contributed by atoms with van der Waals surface area (Å²) in [4.78, 5) is 36.0. The van der Waals surface area contributed by atoms with Crippen LogP contribution in [0.5, 0.6) is 0 Å². The SMILES string of the molecule is Cl.O=C(CC1(c2ccc(-c3ccc(-c4cnco4)cc3)s2)CCN(C(=O)C=Cc2ccncc2)CCS1(=O)=O)NO. The van der Waals surface area contributed by atoms with Gasteiger partial charge in [0.05, 0.1) is 18.4 Å². The van der Waals surface area contributed by atoms with E-state index in [-0.39, 0.29) is 43.6 Å². The minimum atomic E-state index is -3.93.